The van der Waals surface area contributed by atoms with E-state index in [0.717, 1.165) is 6.42 Å². The molecule has 3 nitrogen and oxygen atoms in total. The third-order valence-corrected chi connectivity index (χ3v) is 3.98. The van der Waals surface area contributed by atoms with Crippen LogP contribution < -0.4 is 0 Å². The van der Waals surface area contributed by atoms with Gasteiger partial charge in [-0.25, -0.2) is 0 Å². The summed E-state index contributed by atoms with van der Waals surface area (Å²) in [4.78, 5) is 22.9. The Labute approximate surface area is 142 Å². The Balaban J connectivity index is 0.00000128. The molecule has 91 valence electrons. The van der Waals surface area contributed by atoms with Crippen LogP contribution in [0.1, 0.15) is 33.6 Å². The number of hydrogen-bond donors (Lipinski definition) is 0. The molecule has 1 radical (unpaired) electrons. The van der Waals surface area contributed by atoms with E-state index in [2.05, 4.69) is 19.2 Å². The molecule has 5 heteroatoms. The van der Waals surface area contributed by atoms with Crippen LogP contribution in [0.25, 0.3) is 5.32 Å². The molecule has 0 aromatic rings. The molecular weight excluding hydrogens is 463 g/mol. The first-order valence-corrected chi connectivity index (χ1v) is 5.52. The van der Waals surface area contributed by atoms with Crippen molar-refractivity contribution in [2.45, 2.75) is 39.2 Å². The number of nitrogens with zero attached hydrogens (tertiary/aromatic N) is 1. The minimum atomic E-state index is -0.699. The van der Waals surface area contributed by atoms with Gasteiger partial charge in [0.25, 0.3) is 0 Å². The van der Waals surface area contributed by atoms with E-state index >= 15 is 0 Å². The second kappa shape index (κ2) is 6.21. The van der Waals surface area contributed by atoms with Gasteiger partial charge >= 0.3 is 0 Å². The molecule has 3 atom stereocenters. The molecule has 1 fully saturated rings. The van der Waals surface area contributed by atoms with Crippen LogP contribution in [0.2, 0.25) is 0 Å². The molecule has 17 heavy (non-hydrogen) atoms. The first kappa shape index (κ1) is 17.7. The maximum atomic E-state index is 11.9. The standard InChI is InChI=1S/C12H17NO2.W.Y/c1-4-9-5-10(14)12(6-11(15)13-12)8(3)7(9)2;;/h5,7-8H,4,6H2,1-3H3,(H,13,15);;/p-1. The monoisotopic (exact) mass is 479 g/mol. The quantitative estimate of drug-likeness (QED) is 0.543. The summed E-state index contributed by atoms with van der Waals surface area (Å²) in [7, 11) is 0. The van der Waals surface area contributed by atoms with Gasteiger partial charge in [-0.15, -0.1) is 0 Å². The van der Waals surface area contributed by atoms with Crippen LogP contribution in [0.15, 0.2) is 11.6 Å². The molecule has 3 unspecified atom stereocenters. The molecule has 0 aromatic heterocycles. The van der Waals surface area contributed by atoms with Crippen molar-refractivity contribution >= 4 is 11.7 Å². The van der Waals surface area contributed by atoms with Crippen molar-refractivity contribution in [2.75, 3.05) is 0 Å². The summed E-state index contributed by atoms with van der Waals surface area (Å²) in [6, 6.07) is 0. The van der Waals surface area contributed by atoms with Gasteiger partial charge in [-0.2, -0.15) is 0 Å². The van der Waals surface area contributed by atoms with E-state index < -0.39 is 5.54 Å². The average Bonchev–Trinajstić information content (AvgIpc) is 2.16. The van der Waals surface area contributed by atoms with E-state index in [0.29, 0.717) is 12.3 Å². The first-order chi connectivity index (χ1) is 7.01. The van der Waals surface area contributed by atoms with Crippen molar-refractivity contribution in [3.63, 3.8) is 0 Å². The van der Waals surface area contributed by atoms with Gasteiger partial charge in [0.2, 0.25) is 0 Å². The van der Waals surface area contributed by atoms with E-state index in [-0.39, 0.29) is 71.4 Å². The number of rotatable bonds is 1. The Morgan fingerprint density at radius 2 is 1.94 bits per heavy atom. The first-order valence-electron chi connectivity index (χ1n) is 5.52. The second-order valence-electron chi connectivity index (χ2n) is 4.62. The summed E-state index contributed by atoms with van der Waals surface area (Å²) in [5, 5.41) is 3.96. The van der Waals surface area contributed by atoms with Crippen LogP contribution in [-0.4, -0.2) is 17.2 Å². The van der Waals surface area contributed by atoms with E-state index in [4.69, 9.17) is 0 Å². The Bertz CT molecular complexity index is 360. The van der Waals surface area contributed by atoms with Gasteiger partial charge in [0.1, 0.15) is 5.78 Å². The molecule has 1 amide bonds. The van der Waals surface area contributed by atoms with Gasteiger partial charge in [-0.05, 0) is 36.3 Å². The number of β-lactam (4-membered cyclic amide) rings is 1. The number of hydrogen-bond acceptors (Lipinski definition) is 2. The van der Waals surface area contributed by atoms with Crippen molar-refractivity contribution in [2.24, 2.45) is 11.8 Å². The zero-order chi connectivity index (χ0) is 11.2. The van der Waals surface area contributed by atoms with E-state index in [9.17, 15) is 9.59 Å². The van der Waals surface area contributed by atoms with Crippen molar-refractivity contribution in [1.82, 2.24) is 0 Å². The normalized spacial score (nSPS) is 35.1. The molecule has 2 rings (SSSR count). The molecule has 0 N–H and O–H groups in total. The average molecular weight is 479 g/mol. The molecule has 1 saturated heterocycles. The van der Waals surface area contributed by atoms with Gasteiger partial charge in [-0.1, -0.05) is 26.3 Å². The van der Waals surface area contributed by atoms with Gasteiger partial charge in [0.15, 0.2) is 0 Å². The van der Waals surface area contributed by atoms with Crippen LogP contribution in [0.4, 0.5) is 0 Å². The van der Waals surface area contributed by atoms with Crippen molar-refractivity contribution < 1.29 is 63.4 Å². The number of allylic oxidation sites excluding steroid dienone is 1. The van der Waals surface area contributed by atoms with Crippen molar-refractivity contribution in [3.05, 3.63) is 17.0 Å². The number of ketones is 1. The molecule has 1 aliphatic carbocycles. The molecule has 1 spiro atoms. The van der Waals surface area contributed by atoms with Crippen molar-refractivity contribution in [3.8, 4) is 0 Å². The minimum Gasteiger partial charge on any atom is -0.641 e. The summed E-state index contributed by atoms with van der Waals surface area (Å²) in [5.41, 5.74) is 0.488. The fourth-order valence-electron chi connectivity index (χ4n) is 2.65. The third kappa shape index (κ3) is 2.67. The largest absolute Gasteiger partial charge is 0.641 e. The number of carbonyl (C=O) groups is 2. The van der Waals surface area contributed by atoms with Gasteiger partial charge < -0.3 is 10.1 Å². The fraction of sp³-hybridized carbons (Fsp3) is 0.667. The summed E-state index contributed by atoms with van der Waals surface area (Å²) in [6.07, 6.45) is 2.92. The molecule has 1 aliphatic heterocycles. The Kier molecular flexibility index (Phi) is 6.46. The summed E-state index contributed by atoms with van der Waals surface area (Å²) in [6.45, 7) is 6.21. The summed E-state index contributed by atoms with van der Waals surface area (Å²) >= 11 is 0. The zero-order valence-corrected chi connectivity index (χ0v) is 16.2. The third-order valence-electron chi connectivity index (χ3n) is 3.98. The second-order valence-corrected chi connectivity index (χ2v) is 4.62. The topological polar surface area (TPSA) is 48.2 Å². The molecule has 0 bridgehead atoms. The van der Waals surface area contributed by atoms with Crippen LogP contribution in [-0.2, 0) is 63.4 Å². The van der Waals surface area contributed by atoms with Crippen LogP contribution >= 0.6 is 0 Å². The van der Waals surface area contributed by atoms with Gasteiger partial charge in [-0.3, -0.25) is 4.79 Å². The van der Waals surface area contributed by atoms with Crippen LogP contribution in [0.3, 0.4) is 0 Å². The van der Waals surface area contributed by atoms with E-state index in [1.807, 2.05) is 6.92 Å². The van der Waals surface area contributed by atoms with E-state index in [1.165, 1.54) is 5.57 Å². The van der Waals surface area contributed by atoms with Gasteiger partial charge in [0, 0.05) is 53.8 Å². The molecule has 1 heterocycles. The molecule has 0 aromatic carbocycles. The zero-order valence-electron chi connectivity index (χ0n) is 10.4. The fourth-order valence-corrected chi connectivity index (χ4v) is 2.65. The molecule has 0 saturated carbocycles. The SMILES string of the molecule is CCC1=CC(=O)C2(CC(=O)[N-]2)C(C)C1C.[W].[Y]. The Morgan fingerprint density at radius 3 is 2.35 bits per heavy atom. The van der Waals surface area contributed by atoms with Crippen LogP contribution in [0.5, 0.6) is 0 Å². The predicted octanol–water partition coefficient (Wildman–Crippen LogP) is 2.22. The Hall–Kier alpha value is 0.672. The van der Waals surface area contributed by atoms with Gasteiger partial charge in [0.05, 0.1) is 5.91 Å². The summed E-state index contributed by atoms with van der Waals surface area (Å²) in [5.74, 6) is 0.410. The maximum absolute atomic E-state index is 11.9. The Morgan fingerprint density at radius 1 is 1.41 bits per heavy atom. The number of carbonyl (C=O) groups excluding carboxylic acids is 2. The molecular formula is C12H16NO2WY-. The predicted molar refractivity (Wildman–Crippen MR) is 57.4 cm³/mol. The summed E-state index contributed by atoms with van der Waals surface area (Å²) < 4.78 is 0. The van der Waals surface area contributed by atoms with E-state index in [1.54, 1.807) is 6.08 Å². The smallest absolute Gasteiger partial charge is 0.145 e. The molecule has 2 aliphatic rings. The van der Waals surface area contributed by atoms with Crippen LogP contribution in [0, 0.1) is 11.8 Å². The maximum Gasteiger partial charge on any atom is 0.145 e. The number of amides is 1. The minimum absolute atomic E-state index is 0. The van der Waals surface area contributed by atoms with Crippen molar-refractivity contribution in [1.29, 1.82) is 0 Å².